The van der Waals surface area contributed by atoms with Gasteiger partial charge in [0.15, 0.2) is 5.65 Å². The highest BCUT2D eigenvalue weighted by molar-refractivity contribution is 5.96. The van der Waals surface area contributed by atoms with Crippen molar-refractivity contribution in [2.45, 2.75) is 18.8 Å². The zero-order chi connectivity index (χ0) is 19.5. The van der Waals surface area contributed by atoms with E-state index in [1.165, 1.54) is 18.2 Å². The number of carbonyl (C=O) groups is 2. The molecule has 1 aliphatic heterocycles. The monoisotopic (exact) mass is 381 g/mol. The number of nitrogens with one attached hydrogen (secondary N) is 1. The van der Waals surface area contributed by atoms with E-state index in [1.54, 1.807) is 4.90 Å². The molecule has 0 aliphatic carbocycles. The maximum Gasteiger partial charge on any atom is 0.251 e. The molecule has 1 saturated heterocycles. The quantitative estimate of drug-likeness (QED) is 0.750. The van der Waals surface area contributed by atoms with Gasteiger partial charge in [-0.05, 0) is 43.2 Å². The minimum Gasteiger partial charge on any atom is -0.343 e. The third-order valence-corrected chi connectivity index (χ3v) is 4.97. The Balaban J connectivity index is 1.39. The number of piperidine rings is 1. The number of halogens is 1. The van der Waals surface area contributed by atoms with Gasteiger partial charge in [-0.2, -0.15) is 0 Å². The van der Waals surface area contributed by atoms with Gasteiger partial charge in [-0.15, -0.1) is 10.2 Å². The highest BCUT2D eigenvalue weighted by Crippen LogP contribution is 2.26. The molecule has 7 nitrogen and oxygen atoms in total. The smallest absolute Gasteiger partial charge is 0.251 e. The number of nitrogens with zero attached hydrogens (tertiary/aromatic N) is 4. The molecule has 28 heavy (non-hydrogen) atoms. The molecule has 3 heterocycles. The van der Waals surface area contributed by atoms with Crippen LogP contribution in [0.3, 0.4) is 0 Å². The van der Waals surface area contributed by atoms with Crippen molar-refractivity contribution in [3.05, 3.63) is 65.9 Å². The highest BCUT2D eigenvalue weighted by Gasteiger charge is 2.28. The van der Waals surface area contributed by atoms with Crippen LogP contribution >= 0.6 is 0 Å². The molecule has 1 aliphatic rings. The molecule has 1 aromatic carbocycles. The Morgan fingerprint density at radius 3 is 2.93 bits per heavy atom. The highest BCUT2D eigenvalue weighted by atomic mass is 19.1. The van der Waals surface area contributed by atoms with Gasteiger partial charge < -0.3 is 10.2 Å². The van der Waals surface area contributed by atoms with Crippen LogP contribution in [-0.4, -0.2) is 50.9 Å². The maximum atomic E-state index is 13.2. The summed E-state index contributed by atoms with van der Waals surface area (Å²) in [5.41, 5.74) is 0.975. The van der Waals surface area contributed by atoms with Gasteiger partial charge in [0.1, 0.15) is 11.6 Å². The van der Waals surface area contributed by atoms with E-state index in [2.05, 4.69) is 15.5 Å². The molecular formula is C20H20FN5O2. The Hall–Kier alpha value is -3.29. The fourth-order valence-corrected chi connectivity index (χ4v) is 3.55. The SMILES string of the molecule is O=C(NCC(=O)N1CCC[C@H](c2nnc3ccccn23)C1)c1cccc(F)c1. The lowest BCUT2D eigenvalue weighted by Crippen LogP contribution is -2.44. The third kappa shape index (κ3) is 3.71. The second-order valence-electron chi connectivity index (χ2n) is 6.86. The van der Waals surface area contributed by atoms with E-state index in [9.17, 15) is 14.0 Å². The van der Waals surface area contributed by atoms with Gasteiger partial charge in [0.25, 0.3) is 5.91 Å². The largest absolute Gasteiger partial charge is 0.343 e. The van der Waals surface area contributed by atoms with Crippen LogP contribution in [0.1, 0.15) is 34.9 Å². The first-order chi connectivity index (χ1) is 13.6. The number of rotatable bonds is 4. The number of amides is 2. The van der Waals surface area contributed by atoms with Crippen LogP contribution in [0.5, 0.6) is 0 Å². The van der Waals surface area contributed by atoms with Gasteiger partial charge in [-0.25, -0.2) is 4.39 Å². The first kappa shape index (κ1) is 18.1. The zero-order valence-electron chi connectivity index (χ0n) is 15.2. The molecule has 0 radical (unpaired) electrons. The van der Waals surface area contributed by atoms with Crippen LogP contribution in [0, 0.1) is 5.82 Å². The van der Waals surface area contributed by atoms with E-state index in [1.807, 2.05) is 28.8 Å². The average molecular weight is 381 g/mol. The second kappa shape index (κ2) is 7.75. The summed E-state index contributed by atoms with van der Waals surface area (Å²) in [7, 11) is 0. The van der Waals surface area contributed by atoms with Crippen molar-refractivity contribution in [1.29, 1.82) is 0 Å². The fraction of sp³-hybridized carbons (Fsp3) is 0.300. The van der Waals surface area contributed by atoms with Crippen molar-refractivity contribution in [1.82, 2.24) is 24.8 Å². The van der Waals surface area contributed by atoms with Gasteiger partial charge in [-0.3, -0.25) is 14.0 Å². The number of hydrogen-bond donors (Lipinski definition) is 1. The van der Waals surface area contributed by atoms with Crippen LogP contribution in [0.2, 0.25) is 0 Å². The van der Waals surface area contributed by atoms with E-state index in [4.69, 9.17) is 0 Å². The number of carbonyl (C=O) groups excluding carboxylic acids is 2. The predicted octanol–water partition coefficient (Wildman–Crippen LogP) is 2.00. The number of hydrogen-bond acceptors (Lipinski definition) is 4. The van der Waals surface area contributed by atoms with Gasteiger partial charge in [0, 0.05) is 30.8 Å². The number of aromatic nitrogens is 3. The molecule has 1 N–H and O–H groups in total. The Bertz CT molecular complexity index is 1020. The topological polar surface area (TPSA) is 79.6 Å². The van der Waals surface area contributed by atoms with Gasteiger partial charge in [-0.1, -0.05) is 12.1 Å². The first-order valence-corrected chi connectivity index (χ1v) is 9.23. The molecule has 1 atom stereocenters. The van der Waals surface area contributed by atoms with E-state index >= 15 is 0 Å². The Morgan fingerprint density at radius 1 is 1.18 bits per heavy atom. The van der Waals surface area contributed by atoms with Gasteiger partial charge >= 0.3 is 0 Å². The van der Waals surface area contributed by atoms with Crippen molar-refractivity contribution >= 4 is 17.5 Å². The van der Waals surface area contributed by atoms with Crippen LogP contribution in [0.15, 0.2) is 48.7 Å². The lowest BCUT2D eigenvalue weighted by Gasteiger charge is -2.32. The molecule has 0 spiro atoms. The van der Waals surface area contributed by atoms with Crippen molar-refractivity contribution in [3.8, 4) is 0 Å². The number of fused-ring (bicyclic) bond motifs is 1. The predicted molar refractivity (Wildman–Crippen MR) is 100 cm³/mol. The van der Waals surface area contributed by atoms with Crippen LogP contribution in [0.25, 0.3) is 5.65 Å². The summed E-state index contributed by atoms with van der Waals surface area (Å²) >= 11 is 0. The van der Waals surface area contributed by atoms with Crippen LogP contribution in [-0.2, 0) is 4.79 Å². The van der Waals surface area contributed by atoms with E-state index in [-0.39, 0.29) is 23.9 Å². The van der Waals surface area contributed by atoms with Crippen molar-refractivity contribution in [2.75, 3.05) is 19.6 Å². The molecule has 1 fully saturated rings. The molecule has 144 valence electrons. The third-order valence-electron chi connectivity index (χ3n) is 4.97. The van der Waals surface area contributed by atoms with Crippen molar-refractivity contribution in [2.24, 2.45) is 0 Å². The summed E-state index contributed by atoms with van der Waals surface area (Å²) in [5.74, 6) is -0.183. The number of pyridine rings is 1. The Kier molecular flexibility index (Phi) is 5.01. The van der Waals surface area contributed by atoms with E-state index < -0.39 is 11.7 Å². The lowest BCUT2D eigenvalue weighted by molar-refractivity contribution is -0.131. The molecule has 4 rings (SSSR count). The van der Waals surface area contributed by atoms with Crippen LogP contribution < -0.4 is 5.32 Å². The van der Waals surface area contributed by atoms with Gasteiger partial charge in [0.05, 0.1) is 6.54 Å². The Morgan fingerprint density at radius 2 is 2.07 bits per heavy atom. The fourth-order valence-electron chi connectivity index (χ4n) is 3.55. The number of benzene rings is 1. The molecule has 2 amide bonds. The minimum atomic E-state index is -0.488. The van der Waals surface area contributed by atoms with Gasteiger partial charge in [0.2, 0.25) is 5.91 Å². The standard InChI is InChI=1S/C20H20FN5O2/c21-16-7-3-5-14(11-16)20(28)22-12-18(27)25-9-4-6-15(13-25)19-24-23-17-8-1-2-10-26(17)19/h1-3,5,7-8,10-11,15H,4,6,9,12-13H2,(H,22,28)/t15-/m0/s1. The summed E-state index contributed by atoms with van der Waals surface area (Å²) in [4.78, 5) is 26.4. The van der Waals surface area contributed by atoms with E-state index in [0.717, 1.165) is 30.4 Å². The second-order valence-corrected chi connectivity index (χ2v) is 6.86. The summed E-state index contributed by atoms with van der Waals surface area (Å²) in [6, 6.07) is 11.1. The normalized spacial score (nSPS) is 16.9. The summed E-state index contributed by atoms with van der Waals surface area (Å²) in [5, 5.41) is 11.1. The molecular weight excluding hydrogens is 361 g/mol. The molecule has 0 unspecified atom stereocenters. The van der Waals surface area contributed by atoms with Crippen LogP contribution in [0.4, 0.5) is 4.39 Å². The lowest BCUT2D eigenvalue weighted by atomic mass is 9.97. The average Bonchev–Trinajstić information content (AvgIpc) is 3.16. The number of likely N-dealkylation sites (tertiary alicyclic amines) is 1. The maximum absolute atomic E-state index is 13.2. The van der Waals surface area contributed by atoms with Crippen molar-refractivity contribution < 1.29 is 14.0 Å². The summed E-state index contributed by atoms with van der Waals surface area (Å²) < 4.78 is 15.2. The summed E-state index contributed by atoms with van der Waals surface area (Å²) in [6.07, 6.45) is 3.70. The summed E-state index contributed by atoms with van der Waals surface area (Å²) in [6.45, 7) is 1.05. The molecule has 3 aromatic rings. The first-order valence-electron chi connectivity index (χ1n) is 9.23. The molecule has 0 saturated carbocycles. The Labute approximate surface area is 161 Å². The zero-order valence-corrected chi connectivity index (χ0v) is 15.2. The van der Waals surface area contributed by atoms with Crippen molar-refractivity contribution in [3.63, 3.8) is 0 Å². The minimum absolute atomic E-state index is 0.0917. The van der Waals surface area contributed by atoms with E-state index in [0.29, 0.717) is 13.1 Å². The molecule has 0 bridgehead atoms. The molecule has 2 aromatic heterocycles. The molecule has 8 heteroatoms.